The van der Waals surface area contributed by atoms with Crippen molar-refractivity contribution >= 4 is 28.2 Å². The number of rotatable bonds is 3. The van der Waals surface area contributed by atoms with Gasteiger partial charge < -0.3 is 0 Å². The van der Waals surface area contributed by atoms with Gasteiger partial charge in [0.2, 0.25) is 16.3 Å². The lowest BCUT2D eigenvalue weighted by atomic mass is 10.4. The molecule has 0 atom stereocenters. The summed E-state index contributed by atoms with van der Waals surface area (Å²) in [6, 6.07) is 0. The standard InChI is InChI=1S/C4H9ClO.C2H5.Al.2H/c1-2-3-4-6-5;1-2;;;/h2-4H2,1H3;1H2,2H3;;;. The van der Waals surface area contributed by atoms with Gasteiger partial charge >= 0.3 is 0 Å². The fourth-order valence-electron chi connectivity index (χ4n) is 0.199. The van der Waals surface area contributed by atoms with Crippen LogP contribution >= 0.6 is 11.9 Å². The van der Waals surface area contributed by atoms with Crippen LogP contribution < -0.4 is 0 Å². The van der Waals surface area contributed by atoms with Crippen LogP contribution in [0.5, 0.6) is 0 Å². The molecule has 3 heteroatoms. The van der Waals surface area contributed by atoms with Gasteiger partial charge in [-0.3, -0.25) is 4.29 Å². The van der Waals surface area contributed by atoms with Gasteiger partial charge in [-0.25, -0.2) is 0 Å². The van der Waals surface area contributed by atoms with Gasteiger partial charge in [0.1, 0.15) is 0 Å². The molecule has 0 aromatic heterocycles. The highest BCUT2D eigenvalue weighted by Gasteiger charge is 1.76. The SMILES string of the molecule is CCCCOCl.C[CH2][AlH2]. The lowest BCUT2D eigenvalue weighted by Crippen LogP contribution is -1.78. The summed E-state index contributed by atoms with van der Waals surface area (Å²) in [4.78, 5) is 0. The molecule has 0 amide bonds. The smallest absolute Gasteiger partial charge is 0.211 e. The molecule has 0 unspecified atom stereocenters. The van der Waals surface area contributed by atoms with E-state index in [2.05, 4.69) is 18.1 Å². The summed E-state index contributed by atoms with van der Waals surface area (Å²) in [6.07, 6.45) is 2.20. The Morgan fingerprint density at radius 3 is 2.00 bits per heavy atom. The molecule has 0 aliphatic rings. The van der Waals surface area contributed by atoms with Gasteiger partial charge in [-0.05, 0) is 6.42 Å². The van der Waals surface area contributed by atoms with Crippen molar-refractivity contribution in [1.82, 2.24) is 0 Å². The monoisotopic (exact) mass is 166 g/mol. The average Bonchev–Trinajstić information content (AvgIpc) is 1.86. The van der Waals surface area contributed by atoms with E-state index in [4.69, 9.17) is 11.9 Å². The Balaban J connectivity index is 0. The molecular formula is C6H16AlClO. The quantitative estimate of drug-likeness (QED) is 0.461. The Morgan fingerprint density at radius 1 is 1.44 bits per heavy atom. The van der Waals surface area contributed by atoms with E-state index in [-0.39, 0.29) is 0 Å². The molecule has 0 spiro atoms. The van der Waals surface area contributed by atoms with Crippen LogP contribution in [0.15, 0.2) is 0 Å². The lowest BCUT2D eigenvalue weighted by molar-refractivity contribution is 0.341. The van der Waals surface area contributed by atoms with Crippen LogP contribution in [-0.4, -0.2) is 22.9 Å². The molecular weight excluding hydrogens is 150 g/mol. The van der Waals surface area contributed by atoms with E-state index < -0.39 is 0 Å². The van der Waals surface area contributed by atoms with Crippen LogP contribution in [0.1, 0.15) is 26.7 Å². The van der Waals surface area contributed by atoms with Crippen molar-refractivity contribution in [3.8, 4) is 0 Å². The summed E-state index contributed by atoms with van der Waals surface area (Å²) < 4.78 is 4.25. The van der Waals surface area contributed by atoms with Crippen LogP contribution in [0, 0.1) is 0 Å². The molecule has 0 rings (SSSR count). The highest BCUT2D eigenvalue weighted by Crippen LogP contribution is 1.88. The predicted octanol–water partition coefficient (Wildman–Crippen LogP) is 2.01. The van der Waals surface area contributed by atoms with Crippen molar-refractivity contribution in [3.05, 3.63) is 0 Å². The van der Waals surface area contributed by atoms with Crippen molar-refractivity contribution in [2.45, 2.75) is 32.0 Å². The summed E-state index contributed by atoms with van der Waals surface area (Å²) in [5.74, 6) is 0. The highest BCUT2D eigenvalue weighted by molar-refractivity contribution is 6.08. The molecule has 0 aromatic carbocycles. The van der Waals surface area contributed by atoms with Gasteiger partial charge in [0.25, 0.3) is 0 Å². The third-order valence-electron chi connectivity index (χ3n) is 0.575. The Labute approximate surface area is 71.3 Å². The zero-order chi connectivity index (χ0) is 7.54. The maximum atomic E-state index is 4.88. The minimum Gasteiger partial charge on any atom is -0.279 e. The number of unbranched alkanes of at least 4 members (excludes halogenated alkanes) is 1. The Hall–Kier alpha value is 0.782. The summed E-state index contributed by atoms with van der Waals surface area (Å²) >= 11 is 6.25. The first-order chi connectivity index (χ1) is 4.33. The Kier molecular flexibility index (Phi) is 22.0. The van der Waals surface area contributed by atoms with Crippen molar-refractivity contribution < 1.29 is 4.29 Å². The van der Waals surface area contributed by atoms with Crippen molar-refractivity contribution in [2.75, 3.05) is 6.61 Å². The number of halogens is 1. The van der Waals surface area contributed by atoms with E-state index in [1.165, 1.54) is 21.6 Å². The third kappa shape index (κ3) is 28.2. The first-order valence-corrected chi connectivity index (χ1v) is 5.29. The zero-order valence-corrected chi connectivity index (χ0v) is 9.37. The molecule has 0 bridgehead atoms. The van der Waals surface area contributed by atoms with E-state index in [1.807, 2.05) is 0 Å². The van der Waals surface area contributed by atoms with Gasteiger partial charge in [-0.1, -0.05) is 20.3 Å². The summed E-state index contributed by atoms with van der Waals surface area (Å²) in [5, 5.41) is 1.39. The van der Waals surface area contributed by atoms with Crippen molar-refractivity contribution in [2.24, 2.45) is 0 Å². The molecule has 0 aromatic rings. The second-order valence-corrected chi connectivity index (χ2v) is 3.51. The van der Waals surface area contributed by atoms with E-state index in [0.29, 0.717) is 6.61 Å². The minimum absolute atomic E-state index is 0.679. The first-order valence-electron chi connectivity index (χ1n) is 3.56. The van der Waals surface area contributed by atoms with Crippen LogP contribution in [0.25, 0.3) is 0 Å². The van der Waals surface area contributed by atoms with Gasteiger partial charge in [-0.2, -0.15) is 0 Å². The molecule has 0 saturated carbocycles. The molecule has 1 nitrogen and oxygen atoms in total. The normalized spacial score (nSPS) is 7.89. The van der Waals surface area contributed by atoms with Gasteiger partial charge in [0, 0.05) is 0 Å². The second kappa shape index (κ2) is 15.9. The highest BCUT2D eigenvalue weighted by atomic mass is 35.5. The maximum absolute atomic E-state index is 4.88. The Bertz CT molecular complexity index is 32.2. The fourth-order valence-corrected chi connectivity index (χ4v) is 0.308. The molecule has 0 aliphatic carbocycles. The number of hydrogen-bond donors (Lipinski definition) is 0. The van der Waals surface area contributed by atoms with E-state index in [9.17, 15) is 0 Å². The van der Waals surface area contributed by atoms with Crippen LogP contribution in [-0.2, 0) is 4.29 Å². The molecule has 9 heavy (non-hydrogen) atoms. The molecule has 56 valence electrons. The lowest BCUT2D eigenvalue weighted by Gasteiger charge is -1.86. The summed E-state index contributed by atoms with van der Waals surface area (Å²) in [7, 11) is 0. The first kappa shape index (κ1) is 12.5. The molecule has 0 N–H and O–H groups in total. The van der Waals surface area contributed by atoms with E-state index in [1.54, 1.807) is 0 Å². The molecule has 0 heterocycles. The van der Waals surface area contributed by atoms with Gasteiger partial charge in [0.15, 0.2) is 0 Å². The minimum atomic E-state index is 0.679. The van der Waals surface area contributed by atoms with Crippen LogP contribution in [0.3, 0.4) is 0 Å². The van der Waals surface area contributed by atoms with Crippen LogP contribution in [0.4, 0.5) is 0 Å². The predicted molar refractivity (Wildman–Crippen MR) is 45.7 cm³/mol. The summed E-state index contributed by atoms with van der Waals surface area (Å²) in [5.41, 5.74) is 0. The Morgan fingerprint density at radius 2 is 1.89 bits per heavy atom. The van der Waals surface area contributed by atoms with Crippen molar-refractivity contribution in [3.63, 3.8) is 0 Å². The topological polar surface area (TPSA) is 9.23 Å². The van der Waals surface area contributed by atoms with Gasteiger partial charge in [0.05, 0.1) is 18.5 Å². The average molecular weight is 167 g/mol. The molecule has 0 radical (unpaired) electrons. The molecule has 0 aliphatic heterocycles. The van der Waals surface area contributed by atoms with Crippen molar-refractivity contribution in [1.29, 1.82) is 0 Å². The maximum Gasteiger partial charge on any atom is 0.211 e. The van der Waals surface area contributed by atoms with E-state index in [0.717, 1.165) is 12.8 Å². The number of hydrogen-bond acceptors (Lipinski definition) is 1. The largest absolute Gasteiger partial charge is 0.279 e. The van der Waals surface area contributed by atoms with E-state index >= 15 is 0 Å². The zero-order valence-electron chi connectivity index (χ0n) is 6.61. The van der Waals surface area contributed by atoms with Gasteiger partial charge in [-0.15, -0.1) is 5.28 Å². The summed E-state index contributed by atoms with van der Waals surface area (Å²) in [6.45, 7) is 4.96. The van der Waals surface area contributed by atoms with Crippen LogP contribution in [0.2, 0.25) is 5.28 Å². The third-order valence-corrected chi connectivity index (χ3v) is 0.729. The molecule has 0 saturated heterocycles. The second-order valence-electron chi connectivity index (χ2n) is 1.87. The fraction of sp³-hybridized carbons (Fsp3) is 1.00. The molecule has 0 fully saturated rings.